The standard InChI is InChI=1S/C27H22O7/c1-30-19-9-5-4-8-16(19)18-14-23(28)33-20-12-11-17-25(29)22(34-27(17)24(18)20)13-15-7-6-10-21(31-2)26(15)32-3/h4-13,18H,14H2,1-3H3. The normalized spacial score (nSPS) is 17.5. The van der Waals surface area contributed by atoms with E-state index in [1.54, 1.807) is 44.6 Å². The van der Waals surface area contributed by atoms with Crippen LogP contribution >= 0.6 is 0 Å². The third-order valence-corrected chi connectivity index (χ3v) is 6.01. The molecule has 1 atom stereocenters. The molecule has 0 fully saturated rings. The fraction of sp³-hybridized carbons (Fsp3) is 0.185. The summed E-state index contributed by atoms with van der Waals surface area (Å²) in [5.41, 5.74) is 2.51. The van der Waals surface area contributed by atoms with E-state index in [0.29, 0.717) is 45.4 Å². The molecule has 2 aliphatic heterocycles. The highest BCUT2D eigenvalue weighted by Crippen LogP contribution is 2.50. The van der Waals surface area contributed by atoms with Crippen molar-refractivity contribution in [2.24, 2.45) is 0 Å². The number of hydrogen-bond acceptors (Lipinski definition) is 7. The molecule has 0 amide bonds. The van der Waals surface area contributed by atoms with Gasteiger partial charge < -0.3 is 23.7 Å². The van der Waals surface area contributed by atoms with Gasteiger partial charge in [0, 0.05) is 22.6 Å². The second-order valence-corrected chi connectivity index (χ2v) is 7.85. The Morgan fingerprint density at radius 3 is 2.38 bits per heavy atom. The van der Waals surface area contributed by atoms with Gasteiger partial charge in [-0.2, -0.15) is 0 Å². The first-order chi connectivity index (χ1) is 16.5. The first kappa shape index (κ1) is 21.6. The number of carbonyl (C=O) groups excluding carboxylic acids is 2. The molecule has 0 spiro atoms. The minimum atomic E-state index is -0.388. The molecule has 3 aromatic rings. The number of allylic oxidation sites excluding steroid dienone is 1. The number of esters is 1. The second-order valence-electron chi connectivity index (χ2n) is 7.85. The van der Waals surface area contributed by atoms with E-state index in [1.807, 2.05) is 30.3 Å². The molecular formula is C27H22O7. The van der Waals surface area contributed by atoms with Crippen molar-refractivity contribution in [1.82, 2.24) is 0 Å². The monoisotopic (exact) mass is 458 g/mol. The Labute approximate surface area is 196 Å². The minimum Gasteiger partial charge on any atom is -0.496 e. The third-order valence-electron chi connectivity index (χ3n) is 6.01. The number of hydrogen-bond donors (Lipinski definition) is 0. The first-order valence-electron chi connectivity index (χ1n) is 10.7. The molecule has 34 heavy (non-hydrogen) atoms. The summed E-state index contributed by atoms with van der Waals surface area (Å²) in [5.74, 6) is 1.58. The Morgan fingerprint density at radius 2 is 1.62 bits per heavy atom. The highest BCUT2D eigenvalue weighted by molar-refractivity contribution is 6.15. The SMILES string of the molecule is COc1ccccc1C1CC(=O)Oc2ccc3c(c21)OC(=Cc1cccc(OC)c1OC)C3=O. The van der Waals surface area contributed by atoms with Gasteiger partial charge in [-0.15, -0.1) is 0 Å². The molecule has 0 radical (unpaired) electrons. The van der Waals surface area contributed by atoms with Crippen molar-refractivity contribution in [3.63, 3.8) is 0 Å². The van der Waals surface area contributed by atoms with Crippen LogP contribution in [0.1, 0.15) is 39.4 Å². The van der Waals surface area contributed by atoms with Crippen LogP contribution in [0.2, 0.25) is 0 Å². The Bertz CT molecular complexity index is 1340. The predicted molar refractivity (Wildman–Crippen MR) is 124 cm³/mol. The summed E-state index contributed by atoms with van der Waals surface area (Å²) in [6.07, 6.45) is 1.73. The largest absolute Gasteiger partial charge is 0.496 e. The van der Waals surface area contributed by atoms with Crippen LogP contribution in [0.3, 0.4) is 0 Å². The van der Waals surface area contributed by atoms with Crippen molar-refractivity contribution >= 4 is 17.8 Å². The quantitative estimate of drug-likeness (QED) is 0.310. The zero-order valence-corrected chi connectivity index (χ0v) is 18.9. The van der Waals surface area contributed by atoms with Gasteiger partial charge in [-0.3, -0.25) is 9.59 Å². The number of rotatable bonds is 5. The molecule has 0 saturated carbocycles. The van der Waals surface area contributed by atoms with Crippen LogP contribution in [-0.4, -0.2) is 33.1 Å². The fourth-order valence-corrected chi connectivity index (χ4v) is 4.49. The molecule has 0 N–H and O–H groups in total. The van der Waals surface area contributed by atoms with E-state index in [4.69, 9.17) is 23.7 Å². The van der Waals surface area contributed by atoms with E-state index in [1.165, 1.54) is 7.11 Å². The maximum atomic E-state index is 13.3. The smallest absolute Gasteiger partial charge is 0.312 e. The molecule has 0 aliphatic carbocycles. The van der Waals surface area contributed by atoms with Crippen molar-refractivity contribution in [3.05, 3.63) is 82.6 Å². The average Bonchev–Trinajstić information content (AvgIpc) is 3.18. The number of benzene rings is 3. The van der Waals surface area contributed by atoms with E-state index in [2.05, 4.69) is 0 Å². The van der Waals surface area contributed by atoms with E-state index in [0.717, 1.165) is 5.56 Å². The third kappa shape index (κ3) is 3.46. The van der Waals surface area contributed by atoms with E-state index < -0.39 is 0 Å². The molecule has 172 valence electrons. The number of ketones is 1. The van der Waals surface area contributed by atoms with Crippen LogP contribution in [0.25, 0.3) is 6.08 Å². The lowest BCUT2D eigenvalue weighted by molar-refractivity contribution is -0.135. The summed E-state index contributed by atoms with van der Waals surface area (Å²) in [4.78, 5) is 25.7. The molecule has 1 unspecified atom stereocenters. The van der Waals surface area contributed by atoms with E-state index >= 15 is 0 Å². The van der Waals surface area contributed by atoms with Crippen LogP contribution in [0, 0.1) is 0 Å². The van der Waals surface area contributed by atoms with E-state index in [9.17, 15) is 9.59 Å². The van der Waals surface area contributed by atoms with Crippen LogP contribution in [0.5, 0.6) is 28.7 Å². The molecule has 2 aliphatic rings. The number of Topliss-reactive ketones (excluding diaryl/α,β-unsaturated/α-hetero) is 1. The lowest BCUT2D eigenvalue weighted by Gasteiger charge is -2.27. The van der Waals surface area contributed by atoms with Crippen LogP contribution < -0.4 is 23.7 Å². The maximum absolute atomic E-state index is 13.3. The van der Waals surface area contributed by atoms with E-state index in [-0.39, 0.29) is 29.9 Å². The predicted octanol–water partition coefficient (Wildman–Crippen LogP) is 4.77. The van der Waals surface area contributed by atoms with Crippen molar-refractivity contribution in [2.75, 3.05) is 21.3 Å². The Kier molecular flexibility index (Phi) is 5.45. The maximum Gasteiger partial charge on any atom is 0.312 e. The molecule has 0 aromatic heterocycles. The Morgan fingerprint density at radius 1 is 0.853 bits per heavy atom. The van der Waals surface area contributed by atoms with Gasteiger partial charge in [-0.05, 0) is 30.3 Å². The molecule has 3 aromatic carbocycles. The number of carbonyl (C=O) groups is 2. The Balaban J connectivity index is 1.63. The number of ether oxygens (including phenoxy) is 5. The highest BCUT2D eigenvalue weighted by Gasteiger charge is 2.39. The van der Waals surface area contributed by atoms with Crippen molar-refractivity contribution < 1.29 is 33.3 Å². The molecular weight excluding hydrogens is 436 g/mol. The summed E-state index contributed by atoms with van der Waals surface area (Å²) in [6.45, 7) is 0. The highest BCUT2D eigenvalue weighted by atomic mass is 16.5. The van der Waals surface area contributed by atoms with Crippen LogP contribution in [0.15, 0.2) is 60.4 Å². The van der Waals surface area contributed by atoms with Gasteiger partial charge in [0.2, 0.25) is 5.78 Å². The zero-order chi connectivity index (χ0) is 23.8. The van der Waals surface area contributed by atoms with Gasteiger partial charge in [-0.1, -0.05) is 30.3 Å². The minimum absolute atomic E-state index is 0.101. The molecule has 5 rings (SSSR count). The Hall–Kier alpha value is -4.26. The molecule has 0 saturated heterocycles. The second kappa shape index (κ2) is 8.59. The van der Waals surface area contributed by atoms with Gasteiger partial charge >= 0.3 is 5.97 Å². The van der Waals surface area contributed by atoms with Crippen molar-refractivity contribution in [3.8, 4) is 28.7 Å². The van der Waals surface area contributed by atoms with Gasteiger partial charge in [0.05, 0.1) is 33.3 Å². The number of fused-ring (bicyclic) bond motifs is 3. The van der Waals surface area contributed by atoms with Gasteiger partial charge in [-0.25, -0.2) is 0 Å². The van der Waals surface area contributed by atoms with Crippen molar-refractivity contribution in [1.29, 1.82) is 0 Å². The molecule has 2 heterocycles. The van der Waals surface area contributed by atoms with Crippen LogP contribution in [-0.2, 0) is 4.79 Å². The lowest BCUT2D eigenvalue weighted by Crippen LogP contribution is -2.22. The van der Waals surface area contributed by atoms with Gasteiger partial charge in [0.1, 0.15) is 17.2 Å². The first-order valence-corrected chi connectivity index (χ1v) is 10.7. The lowest BCUT2D eigenvalue weighted by atomic mass is 9.84. The number of para-hydroxylation sites is 2. The number of methoxy groups -OCH3 is 3. The summed E-state index contributed by atoms with van der Waals surface area (Å²) in [6, 6.07) is 16.1. The van der Waals surface area contributed by atoms with Gasteiger partial charge in [0.15, 0.2) is 17.3 Å². The molecule has 7 heteroatoms. The van der Waals surface area contributed by atoms with Gasteiger partial charge in [0.25, 0.3) is 0 Å². The van der Waals surface area contributed by atoms with Crippen LogP contribution in [0.4, 0.5) is 0 Å². The summed E-state index contributed by atoms with van der Waals surface area (Å²) >= 11 is 0. The summed E-state index contributed by atoms with van der Waals surface area (Å²) in [7, 11) is 4.67. The average molecular weight is 458 g/mol. The zero-order valence-electron chi connectivity index (χ0n) is 18.9. The topological polar surface area (TPSA) is 80.3 Å². The summed E-state index contributed by atoms with van der Waals surface area (Å²) in [5, 5.41) is 0. The fourth-order valence-electron chi connectivity index (χ4n) is 4.49. The molecule has 7 nitrogen and oxygen atoms in total. The molecule has 0 bridgehead atoms. The van der Waals surface area contributed by atoms with Crippen molar-refractivity contribution in [2.45, 2.75) is 12.3 Å². The summed E-state index contributed by atoms with van der Waals surface area (Å²) < 4.78 is 28.0.